The van der Waals surface area contributed by atoms with E-state index < -0.39 is 0 Å². The normalized spacial score (nSPS) is 15.9. The van der Waals surface area contributed by atoms with Crippen molar-refractivity contribution in [3.8, 4) is 5.75 Å². The minimum Gasteiger partial charge on any atom is -0.771 e. The second kappa shape index (κ2) is 9.37. The predicted octanol–water partition coefficient (Wildman–Crippen LogP) is 3.94. The van der Waals surface area contributed by atoms with E-state index in [0.717, 1.165) is 34.7 Å². The van der Waals surface area contributed by atoms with Crippen molar-refractivity contribution in [1.82, 2.24) is 20.1 Å². The second-order valence-corrected chi connectivity index (χ2v) is 9.13. The molecule has 170 valence electrons. The molecule has 0 bridgehead atoms. The summed E-state index contributed by atoms with van der Waals surface area (Å²) in [6.07, 6.45) is 5.91. The average molecular weight is 455 g/mol. The molecule has 10 heteroatoms. The smallest absolute Gasteiger partial charge is 0.144 e. The van der Waals surface area contributed by atoms with Crippen LogP contribution in [0.5, 0.6) is 5.75 Å². The number of fused-ring (bicyclic) bond motifs is 3. The SMILES string of the molecule is CCCOc1cc(N)c(C=N)cc1Nc1ncnc2sc3c(c12)CCC(N([O-])N(C)C)C3. The first kappa shape index (κ1) is 22.4. The number of hydrazine groups is 1. The quantitative estimate of drug-likeness (QED) is 0.265. The molecule has 4 rings (SSSR count). The highest BCUT2D eigenvalue weighted by Crippen LogP contribution is 2.41. The maximum Gasteiger partial charge on any atom is 0.144 e. The lowest BCUT2D eigenvalue weighted by Gasteiger charge is -2.43. The number of aromatic nitrogens is 2. The third-order valence-electron chi connectivity index (χ3n) is 5.58. The Kier molecular flexibility index (Phi) is 6.56. The highest BCUT2D eigenvalue weighted by molar-refractivity contribution is 7.19. The van der Waals surface area contributed by atoms with Crippen LogP contribution >= 0.6 is 11.3 Å². The number of rotatable bonds is 8. The van der Waals surface area contributed by atoms with Gasteiger partial charge in [0.25, 0.3) is 0 Å². The van der Waals surface area contributed by atoms with Gasteiger partial charge < -0.3 is 31.6 Å². The number of nitrogens with zero attached hydrogens (tertiary/aromatic N) is 4. The van der Waals surface area contributed by atoms with E-state index in [-0.39, 0.29) is 6.04 Å². The summed E-state index contributed by atoms with van der Waals surface area (Å²) in [5, 5.41) is 27.1. The molecule has 0 fully saturated rings. The Hall–Kier alpha value is -2.79. The van der Waals surface area contributed by atoms with Crippen molar-refractivity contribution in [3.05, 3.63) is 39.7 Å². The van der Waals surface area contributed by atoms with Crippen molar-refractivity contribution >= 4 is 45.0 Å². The van der Waals surface area contributed by atoms with Crippen LogP contribution < -0.4 is 15.8 Å². The number of aryl methyl sites for hydroxylation is 1. The molecule has 0 amide bonds. The fraction of sp³-hybridized carbons (Fsp3) is 0.409. The summed E-state index contributed by atoms with van der Waals surface area (Å²) in [6.45, 7) is 2.60. The number of ether oxygens (including phenoxy) is 1. The van der Waals surface area contributed by atoms with E-state index in [9.17, 15) is 5.21 Å². The fourth-order valence-corrected chi connectivity index (χ4v) is 5.25. The highest BCUT2D eigenvalue weighted by atomic mass is 32.1. The lowest BCUT2D eigenvalue weighted by Crippen LogP contribution is -2.43. The lowest BCUT2D eigenvalue weighted by molar-refractivity contribution is 0.0299. The van der Waals surface area contributed by atoms with Crippen LogP contribution in [0, 0.1) is 10.6 Å². The van der Waals surface area contributed by atoms with Crippen molar-refractivity contribution in [1.29, 1.82) is 5.41 Å². The van der Waals surface area contributed by atoms with Crippen LogP contribution in [-0.2, 0) is 12.8 Å². The number of anilines is 3. The number of nitrogens with two attached hydrogens (primary N) is 1. The molecule has 1 aliphatic rings. The molecule has 0 saturated heterocycles. The lowest BCUT2D eigenvalue weighted by atomic mass is 9.93. The summed E-state index contributed by atoms with van der Waals surface area (Å²) in [7, 11) is 3.54. The zero-order valence-corrected chi connectivity index (χ0v) is 19.3. The molecule has 9 nitrogen and oxygen atoms in total. The number of hydroxylamine groups is 1. The van der Waals surface area contributed by atoms with Gasteiger partial charge in [-0.2, -0.15) is 0 Å². The van der Waals surface area contributed by atoms with Gasteiger partial charge in [-0.3, -0.25) is 5.01 Å². The maximum absolute atomic E-state index is 12.4. The first-order chi connectivity index (χ1) is 15.4. The van der Waals surface area contributed by atoms with E-state index in [1.54, 1.807) is 42.8 Å². The zero-order chi connectivity index (χ0) is 22.8. The summed E-state index contributed by atoms with van der Waals surface area (Å²) in [5.74, 6) is 1.32. The molecule has 2 aromatic heterocycles. The van der Waals surface area contributed by atoms with Gasteiger partial charge in [-0.05, 0) is 37.3 Å². The summed E-state index contributed by atoms with van der Waals surface area (Å²) < 4.78 is 5.90. The Balaban J connectivity index is 1.72. The molecule has 0 spiro atoms. The monoisotopic (exact) mass is 454 g/mol. The highest BCUT2D eigenvalue weighted by Gasteiger charge is 2.26. The van der Waals surface area contributed by atoms with E-state index in [0.29, 0.717) is 41.5 Å². The van der Waals surface area contributed by atoms with Gasteiger partial charge in [0, 0.05) is 48.5 Å². The number of nitrogen functional groups attached to an aromatic ring is 1. The molecule has 1 aromatic carbocycles. The standard InChI is InChI=1S/C22H28N7O2S/c1-4-7-31-18-10-16(24)13(11-23)8-17(18)27-21-20-15-6-5-14(29(30)28(2)3)9-19(15)32-22(20)26-12-25-21/h8,10-12,14,23H,4-7,9,24H2,1-3H3,(H,25,26,27)/q-1. The van der Waals surface area contributed by atoms with Gasteiger partial charge in [0.15, 0.2) is 0 Å². The fourth-order valence-electron chi connectivity index (χ4n) is 4.00. The molecule has 0 aliphatic heterocycles. The van der Waals surface area contributed by atoms with Crippen molar-refractivity contribution in [3.63, 3.8) is 0 Å². The van der Waals surface area contributed by atoms with Gasteiger partial charge in [-0.25, -0.2) is 9.97 Å². The Morgan fingerprint density at radius 3 is 2.91 bits per heavy atom. The Morgan fingerprint density at radius 2 is 2.19 bits per heavy atom. The molecule has 1 atom stereocenters. The van der Waals surface area contributed by atoms with E-state index in [1.807, 2.05) is 13.0 Å². The first-order valence-corrected chi connectivity index (χ1v) is 11.5. The van der Waals surface area contributed by atoms with Crippen molar-refractivity contribution in [2.75, 3.05) is 31.8 Å². The van der Waals surface area contributed by atoms with E-state index in [4.69, 9.17) is 15.9 Å². The number of nitrogens with one attached hydrogen (secondary N) is 2. The Labute approximate surface area is 191 Å². The van der Waals surface area contributed by atoms with Crippen molar-refractivity contribution < 1.29 is 4.74 Å². The van der Waals surface area contributed by atoms with Crippen LogP contribution in [0.25, 0.3) is 10.2 Å². The summed E-state index contributed by atoms with van der Waals surface area (Å²) in [4.78, 5) is 11.1. The van der Waals surface area contributed by atoms with Gasteiger partial charge in [0.2, 0.25) is 0 Å². The molecule has 32 heavy (non-hydrogen) atoms. The summed E-state index contributed by atoms with van der Waals surface area (Å²) in [6, 6.07) is 3.48. The van der Waals surface area contributed by atoms with Crippen molar-refractivity contribution in [2.45, 2.75) is 38.6 Å². The minimum absolute atomic E-state index is 0.0729. The Morgan fingerprint density at radius 1 is 1.38 bits per heavy atom. The third-order valence-corrected chi connectivity index (χ3v) is 6.74. The summed E-state index contributed by atoms with van der Waals surface area (Å²) >= 11 is 1.62. The molecule has 2 heterocycles. The van der Waals surface area contributed by atoms with Gasteiger partial charge in [0.05, 0.1) is 17.7 Å². The first-order valence-electron chi connectivity index (χ1n) is 10.7. The average Bonchev–Trinajstić information content (AvgIpc) is 3.16. The molecule has 0 radical (unpaired) electrons. The minimum atomic E-state index is -0.0729. The van der Waals surface area contributed by atoms with E-state index in [1.165, 1.54) is 16.7 Å². The number of thiophene rings is 1. The second-order valence-electron chi connectivity index (χ2n) is 8.05. The summed E-state index contributed by atoms with van der Waals surface area (Å²) in [5.41, 5.74) is 9.08. The molecular weight excluding hydrogens is 426 g/mol. The van der Waals surface area contributed by atoms with Crippen LogP contribution in [0.15, 0.2) is 18.5 Å². The Bertz CT molecular complexity index is 1130. The number of hydrogen-bond acceptors (Lipinski definition) is 10. The largest absolute Gasteiger partial charge is 0.771 e. The van der Waals surface area contributed by atoms with E-state index in [2.05, 4.69) is 15.3 Å². The van der Waals surface area contributed by atoms with Gasteiger partial charge in [-0.15, -0.1) is 11.3 Å². The van der Waals surface area contributed by atoms with E-state index >= 15 is 0 Å². The number of benzene rings is 1. The molecule has 4 N–H and O–H groups in total. The van der Waals surface area contributed by atoms with Crippen LogP contribution in [0.1, 0.15) is 35.8 Å². The number of hydrogen-bond donors (Lipinski definition) is 3. The topological polar surface area (TPSA) is 126 Å². The van der Waals surface area contributed by atoms with Crippen LogP contribution in [0.3, 0.4) is 0 Å². The van der Waals surface area contributed by atoms with Gasteiger partial charge in [-0.1, -0.05) is 6.92 Å². The van der Waals surface area contributed by atoms with Gasteiger partial charge in [0.1, 0.15) is 22.7 Å². The predicted molar refractivity (Wildman–Crippen MR) is 130 cm³/mol. The van der Waals surface area contributed by atoms with Crippen LogP contribution in [0.4, 0.5) is 17.2 Å². The van der Waals surface area contributed by atoms with Crippen LogP contribution in [0.2, 0.25) is 0 Å². The van der Waals surface area contributed by atoms with Gasteiger partial charge >= 0.3 is 0 Å². The maximum atomic E-state index is 12.4. The molecular formula is C22H28N7O2S-. The molecule has 0 saturated carbocycles. The van der Waals surface area contributed by atoms with Crippen LogP contribution in [-0.4, -0.2) is 53.1 Å². The molecule has 1 aliphatic carbocycles. The third kappa shape index (κ3) is 4.26. The van der Waals surface area contributed by atoms with Crippen molar-refractivity contribution in [2.24, 2.45) is 0 Å². The molecule has 3 aromatic rings. The molecule has 1 unspecified atom stereocenters. The zero-order valence-electron chi connectivity index (χ0n) is 18.5.